The molecule has 3 unspecified atom stereocenters. The van der Waals surface area contributed by atoms with Gasteiger partial charge in [-0.05, 0) is 13.0 Å². The Labute approximate surface area is 151 Å². The average molecular weight is 411 g/mol. The van der Waals surface area contributed by atoms with Gasteiger partial charge in [0, 0.05) is 17.0 Å². The number of aliphatic hydroxyl groups is 1. The largest absolute Gasteiger partial charge is 0.456 e. The number of carbonyl (C=O) groups is 2. The summed E-state index contributed by atoms with van der Waals surface area (Å²) in [7, 11) is 0. The van der Waals surface area contributed by atoms with Gasteiger partial charge in [-0.1, -0.05) is 28.1 Å². The molecule has 1 aromatic rings. The van der Waals surface area contributed by atoms with Crippen LogP contribution in [0.4, 0.5) is 5.69 Å². The fourth-order valence-corrected chi connectivity index (χ4v) is 3.92. The molecule has 8 nitrogen and oxygen atoms in total. The fraction of sp³-hybridized carbons (Fsp3) is 0.375. The number of ether oxygens (including phenoxy) is 1. The highest BCUT2D eigenvalue weighted by molar-refractivity contribution is 9.11. The number of carbonyl (C=O) groups excluding carboxylic acids is 2. The molecule has 3 atom stereocenters. The smallest absolute Gasteiger partial charge is 0.356 e. The van der Waals surface area contributed by atoms with Gasteiger partial charge in [0.05, 0.1) is 28.6 Å². The number of nitrogens with zero attached hydrogens (tertiary/aromatic N) is 2. The van der Waals surface area contributed by atoms with Crippen LogP contribution in [-0.2, 0) is 20.9 Å². The number of para-hydroxylation sites is 1. The van der Waals surface area contributed by atoms with E-state index in [2.05, 4.69) is 15.9 Å². The number of nitro benzene ring substituents is 1. The number of aliphatic hydroxyl groups excluding tert-OH is 1. The van der Waals surface area contributed by atoms with E-state index in [4.69, 9.17) is 4.74 Å². The summed E-state index contributed by atoms with van der Waals surface area (Å²) in [6.45, 7) is 1.27. The van der Waals surface area contributed by atoms with Crippen LogP contribution in [0.2, 0.25) is 0 Å². The summed E-state index contributed by atoms with van der Waals surface area (Å²) in [5.74, 6) is -1.59. The van der Waals surface area contributed by atoms with E-state index < -0.39 is 22.9 Å². The normalized spacial score (nSPS) is 23.2. The second kappa shape index (κ2) is 6.57. The third-order valence-electron chi connectivity index (χ3n) is 4.42. The molecule has 1 fully saturated rings. The van der Waals surface area contributed by atoms with Gasteiger partial charge in [-0.25, -0.2) is 4.79 Å². The van der Waals surface area contributed by atoms with Gasteiger partial charge in [0.1, 0.15) is 12.3 Å². The lowest BCUT2D eigenvalue weighted by Gasteiger charge is -2.44. The van der Waals surface area contributed by atoms with Crippen LogP contribution >= 0.6 is 15.9 Å². The predicted molar refractivity (Wildman–Crippen MR) is 89.3 cm³/mol. The Hall–Kier alpha value is -2.26. The van der Waals surface area contributed by atoms with Gasteiger partial charge in [-0.3, -0.25) is 14.9 Å². The van der Waals surface area contributed by atoms with Gasteiger partial charge < -0.3 is 14.7 Å². The number of halogens is 1. The average Bonchev–Trinajstić information content (AvgIpc) is 2.85. The summed E-state index contributed by atoms with van der Waals surface area (Å²) < 4.78 is 5.71. The molecule has 2 aliphatic heterocycles. The molecule has 25 heavy (non-hydrogen) atoms. The van der Waals surface area contributed by atoms with Crippen LogP contribution < -0.4 is 0 Å². The van der Waals surface area contributed by atoms with Crippen molar-refractivity contribution in [3.05, 3.63) is 50.1 Å². The molecule has 0 spiro atoms. The SMILES string of the molecule is CC(O)C1C(=O)N2C(C(=O)OCc3ccccc3[N+](=O)[O-])=C(Br)CC12. The number of esters is 1. The molecule has 1 N–H and O–H groups in total. The van der Waals surface area contributed by atoms with Crippen LogP contribution in [0.1, 0.15) is 18.9 Å². The number of hydrogen-bond acceptors (Lipinski definition) is 6. The Balaban J connectivity index is 1.72. The molecule has 0 aliphatic carbocycles. The second-order valence-electron chi connectivity index (χ2n) is 5.96. The van der Waals surface area contributed by atoms with Crippen molar-refractivity contribution in [2.75, 3.05) is 0 Å². The molecule has 2 aliphatic rings. The Bertz CT molecular complexity index is 791. The maximum Gasteiger partial charge on any atom is 0.356 e. The maximum atomic E-state index is 12.4. The zero-order valence-electron chi connectivity index (χ0n) is 13.2. The predicted octanol–water partition coefficient (Wildman–Crippen LogP) is 1.86. The first-order valence-electron chi connectivity index (χ1n) is 7.62. The van der Waals surface area contributed by atoms with Crippen molar-refractivity contribution in [3.63, 3.8) is 0 Å². The minimum Gasteiger partial charge on any atom is -0.456 e. The lowest BCUT2D eigenvalue weighted by atomic mass is 9.83. The maximum absolute atomic E-state index is 12.4. The topological polar surface area (TPSA) is 110 Å². The molecule has 9 heteroatoms. The molecule has 2 heterocycles. The number of fused-ring (bicyclic) bond motifs is 1. The summed E-state index contributed by atoms with van der Waals surface area (Å²) in [4.78, 5) is 36.3. The number of β-lactam (4-membered cyclic amide) rings is 1. The highest BCUT2D eigenvalue weighted by atomic mass is 79.9. The van der Waals surface area contributed by atoms with Crippen molar-refractivity contribution < 1.29 is 24.4 Å². The number of nitro groups is 1. The first-order valence-corrected chi connectivity index (χ1v) is 8.41. The minimum atomic E-state index is -0.795. The summed E-state index contributed by atoms with van der Waals surface area (Å²) in [5.41, 5.74) is 0.233. The monoisotopic (exact) mass is 410 g/mol. The molecular weight excluding hydrogens is 396 g/mol. The summed E-state index contributed by atoms with van der Waals surface area (Å²) in [5, 5.41) is 20.7. The van der Waals surface area contributed by atoms with Crippen molar-refractivity contribution in [2.45, 2.75) is 32.1 Å². The standard InChI is InChI=1S/C16H15BrN2O6/c1-8(20)13-12-6-10(17)14(18(12)15(13)21)16(22)25-7-9-4-2-3-5-11(9)19(23)24/h2-5,8,12-13,20H,6-7H2,1H3. The summed E-state index contributed by atoms with van der Waals surface area (Å²) >= 11 is 3.29. The van der Waals surface area contributed by atoms with Crippen molar-refractivity contribution >= 4 is 33.5 Å². The van der Waals surface area contributed by atoms with Crippen LogP contribution in [0.3, 0.4) is 0 Å². The van der Waals surface area contributed by atoms with E-state index in [1.807, 2.05) is 0 Å². The van der Waals surface area contributed by atoms with Crippen molar-refractivity contribution in [1.29, 1.82) is 0 Å². The molecule has 1 aromatic carbocycles. The molecular formula is C16H15BrN2O6. The molecule has 132 valence electrons. The molecule has 1 amide bonds. The highest BCUT2D eigenvalue weighted by Crippen LogP contribution is 2.45. The van der Waals surface area contributed by atoms with Crippen LogP contribution in [0.15, 0.2) is 34.4 Å². The van der Waals surface area contributed by atoms with E-state index >= 15 is 0 Å². The van der Waals surface area contributed by atoms with E-state index in [1.165, 1.54) is 23.1 Å². The van der Waals surface area contributed by atoms with Crippen LogP contribution in [0.5, 0.6) is 0 Å². The number of amides is 1. The summed E-state index contributed by atoms with van der Waals surface area (Å²) in [6.07, 6.45) is -0.367. The van der Waals surface area contributed by atoms with E-state index in [9.17, 15) is 24.8 Å². The van der Waals surface area contributed by atoms with Crippen LogP contribution in [-0.4, -0.2) is 39.0 Å². The minimum absolute atomic E-state index is 0.102. The third kappa shape index (κ3) is 2.93. The van der Waals surface area contributed by atoms with Gasteiger partial charge in [-0.15, -0.1) is 0 Å². The van der Waals surface area contributed by atoms with Gasteiger partial charge in [0.15, 0.2) is 0 Å². The Morgan fingerprint density at radius 2 is 2.20 bits per heavy atom. The van der Waals surface area contributed by atoms with Crippen LogP contribution in [0, 0.1) is 16.0 Å². The first kappa shape index (κ1) is 17.6. The lowest BCUT2D eigenvalue weighted by molar-refractivity contribution is -0.385. The highest BCUT2D eigenvalue weighted by Gasteiger charge is 2.56. The molecule has 0 aromatic heterocycles. The zero-order valence-corrected chi connectivity index (χ0v) is 14.8. The third-order valence-corrected chi connectivity index (χ3v) is 5.11. The number of hydrogen-bond donors (Lipinski definition) is 1. The number of rotatable bonds is 5. The van der Waals surface area contributed by atoms with Gasteiger partial charge >= 0.3 is 5.97 Å². The van der Waals surface area contributed by atoms with Crippen molar-refractivity contribution in [2.24, 2.45) is 5.92 Å². The van der Waals surface area contributed by atoms with Gasteiger partial charge in [0.25, 0.3) is 5.69 Å². The Morgan fingerprint density at radius 1 is 1.52 bits per heavy atom. The van der Waals surface area contributed by atoms with Crippen molar-refractivity contribution in [3.8, 4) is 0 Å². The van der Waals surface area contributed by atoms with E-state index in [-0.39, 0.29) is 35.5 Å². The first-order chi connectivity index (χ1) is 11.8. The molecule has 0 bridgehead atoms. The molecule has 1 saturated heterocycles. The van der Waals surface area contributed by atoms with Crippen molar-refractivity contribution in [1.82, 2.24) is 4.90 Å². The zero-order chi connectivity index (χ0) is 18.3. The van der Waals surface area contributed by atoms with E-state index in [0.29, 0.717) is 10.9 Å². The van der Waals surface area contributed by atoms with E-state index in [1.54, 1.807) is 13.0 Å². The lowest BCUT2D eigenvalue weighted by Crippen LogP contribution is -2.61. The summed E-state index contributed by atoms with van der Waals surface area (Å²) in [6, 6.07) is 5.71. The van der Waals surface area contributed by atoms with Gasteiger partial charge in [0.2, 0.25) is 5.91 Å². The quantitative estimate of drug-likeness (QED) is 0.343. The number of benzene rings is 1. The Morgan fingerprint density at radius 3 is 2.84 bits per heavy atom. The Kier molecular flexibility index (Phi) is 4.61. The molecule has 0 saturated carbocycles. The second-order valence-corrected chi connectivity index (χ2v) is 6.92. The fourth-order valence-electron chi connectivity index (χ4n) is 3.23. The molecule has 0 radical (unpaired) electrons. The van der Waals surface area contributed by atoms with Gasteiger partial charge in [-0.2, -0.15) is 0 Å². The van der Waals surface area contributed by atoms with E-state index in [0.717, 1.165) is 0 Å². The molecule has 3 rings (SSSR count). The van der Waals surface area contributed by atoms with Crippen LogP contribution in [0.25, 0.3) is 0 Å².